The first-order valence-electron chi connectivity index (χ1n) is 7.36. The van der Waals surface area contributed by atoms with Crippen LogP contribution >= 0.6 is 11.3 Å². The summed E-state index contributed by atoms with van der Waals surface area (Å²) in [5.41, 5.74) is 2.60. The highest BCUT2D eigenvalue weighted by Gasteiger charge is 2.13. The third-order valence-corrected chi connectivity index (χ3v) is 4.68. The number of aryl methyl sites for hydroxylation is 2. The van der Waals surface area contributed by atoms with Gasteiger partial charge < -0.3 is 5.32 Å². The second-order valence-electron chi connectivity index (χ2n) is 5.32. The average Bonchev–Trinajstić information content (AvgIpc) is 2.76. The van der Waals surface area contributed by atoms with Crippen LogP contribution in [0.3, 0.4) is 0 Å². The van der Waals surface area contributed by atoms with Gasteiger partial charge in [0.25, 0.3) is 0 Å². The molecule has 0 amide bonds. The molecule has 0 aliphatic rings. The zero-order valence-corrected chi connectivity index (χ0v) is 13.5. The number of benzene rings is 1. The molecule has 0 saturated heterocycles. The van der Waals surface area contributed by atoms with Crippen molar-refractivity contribution in [3.8, 4) is 0 Å². The average molecular weight is 288 g/mol. The van der Waals surface area contributed by atoms with Crippen LogP contribution in [0, 0.1) is 19.8 Å². The number of aromatic nitrogens is 1. The Bertz CT molecular complexity index is 500. The fraction of sp³-hybridized carbons (Fsp3) is 0.471. The SMILES string of the molecule is CCNCC(Cc1ccccc1)Cc1nc(C)c(C)s1. The van der Waals surface area contributed by atoms with Crippen LogP contribution in [-0.4, -0.2) is 18.1 Å². The van der Waals surface area contributed by atoms with Gasteiger partial charge in [-0.25, -0.2) is 4.98 Å². The van der Waals surface area contributed by atoms with Crippen molar-refractivity contribution in [2.45, 2.75) is 33.6 Å². The summed E-state index contributed by atoms with van der Waals surface area (Å²) >= 11 is 1.85. The highest BCUT2D eigenvalue weighted by molar-refractivity contribution is 7.11. The molecule has 0 saturated carbocycles. The Hall–Kier alpha value is -1.19. The molecule has 1 atom stereocenters. The second kappa shape index (κ2) is 7.55. The molecule has 0 spiro atoms. The Labute approximate surface area is 126 Å². The van der Waals surface area contributed by atoms with Crippen molar-refractivity contribution in [3.63, 3.8) is 0 Å². The van der Waals surface area contributed by atoms with Crippen molar-refractivity contribution < 1.29 is 0 Å². The van der Waals surface area contributed by atoms with E-state index in [0.717, 1.165) is 25.9 Å². The van der Waals surface area contributed by atoms with E-state index in [-0.39, 0.29) is 0 Å². The molecule has 1 unspecified atom stereocenters. The Balaban J connectivity index is 2.03. The topological polar surface area (TPSA) is 24.9 Å². The van der Waals surface area contributed by atoms with Crippen LogP contribution in [-0.2, 0) is 12.8 Å². The molecular formula is C17H24N2S. The van der Waals surface area contributed by atoms with Crippen LogP contribution < -0.4 is 5.32 Å². The Kier molecular flexibility index (Phi) is 5.74. The molecule has 108 valence electrons. The molecule has 0 aliphatic heterocycles. The van der Waals surface area contributed by atoms with Crippen LogP contribution in [0.15, 0.2) is 30.3 Å². The highest BCUT2D eigenvalue weighted by Crippen LogP contribution is 2.21. The van der Waals surface area contributed by atoms with Gasteiger partial charge >= 0.3 is 0 Å². The molecule has 20 heavy (non-hydrogen) atoms. The first-order chi connectivity index (χ1) is 9.69. The van der Waals surface area contributed by atoms with E-state index in [1.165, 1.54) is 21.1 Å². The van der Waals surface area contributed by atoms with E-state index < -0.39 is 0 Å². The lowest BCUT2D eigenvalue weighted by atomic mass is 9.96. The Morgan fingerprint density at radius 2 is 1.90 bits per heavy atom. The molecule has 0 aliphatic carbocycles. The van der Waals surface area contributed by atoms with E-state index in [1.807, 2.05) is 11.3 Å². The van der Waals surface area contributed by atoms with Gasteiger partial charge in [-0.3, -0.25) is 0 Å². The second-order valence-corrected chi connectivity index (χ2v) is 6.60. The summed E-state index contributed by atoms with van der Waals surface area (Å²) in [5.74, 6) is 0.613. The van der Waals surface area contributed by atoms with Crippen LogP contribution in [0.1, 0.15) is 28.1 Å². The summed E-state index contributed by atoms with van der Waals surface area (Å²) in [7, 11) is 0. The maximum Gasteiger partial charge on any atom is 0.0934 e. The predicted molar refractivity (Wildman–Crippen MR) is 87.5 cm³/mol. The van der Waals surface area contributed by atoms with Crippen molar-refractivity contribution in [1.29, 1.82) is 0 Å². The molecule has 1 aromatic heterocycles. The quantitative estimate of drug-likeness (QED) is 0.839. The Morgan fingerprint density at radius 1 is 1.15 bits per heavy atom. The number of hydrogen-bond donors (Lipinski definition) is 1. The number of rotatable bonds is 7. The Morgan fingerprint density at radius 3 is 2.50 bits per heavy atom. The van der Waals surface area contributed by atoms with E-state index in [0.29, 0.717) is 5.92 Å². The summed E-state index contributed by atoms with van der Waals surface area (Å²) < 4.78 is 0. The predicted octanol–water partition coefficient (Wildman–Crippen LogP) is 3.77. The van der Waals surface area contributed by atoms with Gasteiger partial charge in [0.2, 0.25) is 0 Å². The number of nitrogens with zero attached hydrogens (tertiary/aromatic N) is 1. The highest BCUT2D eigenvalue weighted by atomic mass is 32.1. The minimum absolute atomic E-state index is 0.613. The minimum atomic E-state index is 0.613. The van der Waals surface area contributed by atoms with Gasteiger partial charge in [0.05, 0.1) is 10.7 Å². The normalized spacial score (nSPS) is 12.6. The molecule has 0 fully saturated rings. The van der Waals surface area contributed by atoms with Crippen molar-refractivity contribution >= 4 is 11.3 Å². The summed E-state index contributed by atoms with van der Waals surface area (Å²) in [6.45, 7) is 8.51. The molecule has 1 heterocycles. The van der Waals surface area contributed by atoms with Gasteiger partial charge in [-0.2, -0.15) is 0 Å². The van der Waals surface area contributed by atoms with Gasteiger partial charge in [-0.05, 0) is 44.8 Å². The molecule has 3 heteroatoms. The number of nitrogens with one attached hydrogen (secondary N) is 1. The van der Waals surface area contributed by atoms with Crippen LogP contribution in [0.2, 0.25) is 0 Å². The molecule has 2 aromatic rings. The molecule has 0 radical (unpaired) electrons. The van der Waals surface area contributed by atoms with Crippen molar-refractivity contribution in [3.05, 3.63) is 51.5 Å². The van der Waals surface area contributed by atoms with E-state index >= 15 is 0 Å². The molecule has 1 N–H and O–H groups in total. The van der Waals surface area contributed by atoms with Crippen molar-refractivity contribution in [2.75, 3.05) is 13.1 Å². The molecule has 2 rings (SSSR count). The lowest BCUT2D eigenvalue weighted by molar-refractivity contribution is 0.477. The van der Waals surface area contributed by atoms with Crippen molar-refractivity contribution in [1.82, 2.24) is 10.3 Å². The smallest absolute Gasteiger partial charge is 0.0934 e. The van der Waals surface area contributed by atoms with Crippen LogP contribution in [0.5, 0.6) is 0 Å². The van der Waals surface area contributed by atoms with Gasteiger partial charge in [-0.1, -0.05) is 37.3 Å². The minimum Gasteiger partial charge on any atom is -0.317 e. The largest absolute Gasteiger partial charge is 0.317 e. The molecule has 0 bridgehead atoms. The fourth-order valence-electron chi connectivity index (χ4n) is 2.39. The molecule has 1 aromatic carbocycles. The number of thiazole rings is 1. The third kappa shape index (κ3) is 4.43. The van der Waals surface area contributed by atoms with E-state index in [4.69, 9.17) is 4.98 Å². The zero-order chi connectivity index (χ0) is 14.4. The standard InChI is InChI=1S/C17H24N2S/c1-4-18-12-16(10-15-8-6-5-7-9-15)11-17-19-13(2)14(3)20-17/h5-9,16,18H,4,10-12H2,1-3H3. The van der Waals surface area contributed by atoms with E-state index in [2.05, 4.69) is 56.4 Å². The fourth-order valence-corrected chi connectivity index (χ4v) is 3.43. The number of hydrogen-bond acceptors (Lipinski definition) is 3. The van der Waals surface area contributed by atoms with Gasteiger partial charge in [0.15, 0.2) is 0 Å². The molecular weight excluding hydrogens is 264 g/mol. The summed E-state index contributed by atoms with van der Waals surface area (Å²) in [5, 5.41) is 4.76. The lowest BCUT2D eigenvalue weighted by Gasteiger charge is -2.16. The van der Waals surface area contributed by atoms with Crippen molar-refractivity contribution in [2.24, 2.45) is 5.92 Å². The summed E-state index contributed by atoms with van der Waals surface area (Å²) in [6.07, 6.45) is 2.19. The summed E-state index contributed by atoms with van der Waals surface area (Å²) in [6, 6.07) is 10.8. The maximum atomic E-state index is 4.69. The molecule has 2 nitrogen and oxygen atoms in total. The van der Waals surface area contributed by atoms with E-state index in [1.54, 1.807) is 0 Å². The monoisotopic (exact) mass is 288 g/mol. The van der Waals surface area contributed by atoms with Gasteiger partial charge in [0, 0.05) is 11.3 Å². The van der Waals surface area contributed by atoms with Gasteiger partial charge in [0.1, 0.15) is 0 Å². The first-order valence-corrected chi connectivity index (χ1v) is 8.18. The van der Waals surface area contributed by atoms with Crippen LogP contribution in [0.4, 0.5) is 0 Å². The zero-order valence-electron chi connectivity index (χ0n) is 12.6. The maximum absolute atomic E-state index is 4.69. The van der Waals surface area contributed by atoms with Gasteiger partial charge in [-0.15, -0.1) is 11.3 Å². The third-order valence-electron chi connectivity index (χ3n) is 3.59. The summed E-state index contributed by atoms with van der Waals surface area (Å²) in [4.78, 5) is 6.04. The lowest BCUT2D eigenvalue weighted by Crippen LogP contribution is -2.25. The van der Waals surface area contributed by atoms with Crippen LogP contribution in [0.25, 0.3) is 0 Å². The van der Waals surface area contributed by atoms with E-state index in [9.17, 15) is 0 Å². The first kappa shape index (κ1) is 15.2.